The molecule has 1 aliphatic rings. The highest BCUT2D eigenvalue weighted by molar-refractivity contribution is 7.85. The van der Waals surface area contributed by atoms with Crippen molar-refractivity contribution in [3.8, 4) is 0 Å². The lowest BCUT2D eigenvalue weighted by atomic mass is 10.2. The van der Waals surface area contributed by atoms with E-state index in [0.29, 0.717) is 24.5 Å². The fourth-order valence-electron chi connectivity index (χ4n) is 2.18. The predicted molar refractivity (Wildman–Crippen MR) is 81.6 cm³/mol. The summed E-state index contributed by atoms with van der Waals surface area (Å²) in [5, 5.41) is 0.512. The number of hydrogen-bond acceptors (Lipinski definition) is 4. The summed E-state index contributed by atoms with van der Waals surface area (Å²) in [6.45, 7) is 8.51. The highest BCUT2D eigenvalue weighted by Gasteiger charge is 2.33. The molecule has 6 heteroatoms. The number of amides is 1. The summed E-state index contributed by atoms with van der Waals surface area (Å²) >= 11 is 0. The Morgan fingerprint density at radius 2 is 2.19 bits per heavy atom. The Kier molecular flexibility index (Phi) is 4.66. The zero-order chi connectivity index (χ0) is 15.6. The molecule has 0 spiro atoms. The van der Waals surface area contributed by atoms with Crippen LogP contribution in [-0.2, 0) is 15.5 Å². The summed E-state index contributed by atoms with van der Waals surface area (Å²) in [6.07, 6.45) is 2.05. The van der Waals surface area contributed by atoms with Gasteiger partial charge < -0.3 is 9.64 Å². The highest BCUT2D eigenvalue weighted by atomic mass is 32.2. The summed E-state index contributed by atoms with van der Waals surface area (Å²) in [4.78, 5) is 17.8. The van der Waals surface area contributed by atoms with E-state index in [-0.39, 0.29) is 11.3 Å². The van der Waals surface area contributed by atoms with Crippen LogP contribution < -0.4 is 0 Å². The van der Waals surface area contributed by atoms with Crippen molar-refractivity contribution in [2.24, 2.45) is 0 Å². The molecule has 5 nitrogen and oxygen atoms in total. The van der Waals surface area contributed by atoms with Crippen LogP contribution in [0, 0.1) is 6.92 Å². The van der Waals surface area contributed by atoms with Gasteiger partial charge in [0, 0.05) is 19.3 Å². The van der Waals surface area contributed by atoms with E-state index in [0.717, 1.165) is 5.56 Å². The van der Waals surface area contributed by atoms with Gasteiger partial charge in [0.05, 0.1) is 16.0 Å². The van der Waals surface area contributed by atoms with E-state index < -0.39 is 16.4 Å². The number of aromatic nitrogens is 1. The number of carbonyl (C=O) groups excluding carboxylic acids is 1. The Morgan fingerprint density at radius 3 is 2.81 bits per heavy atom. The molecular formula is C15H22N2O3S. The molecule has 0 bridgehead atoms. The Labute approximate surface area is 128 Å². The van der Waals surface area contributed by atoms with Crippen LogP contribution in [0.2, 0.25) is 0 Å². The summed E-state index contributed by atoms with van der Waals surface area (Å²) in [6, 6.07) is 3.72. The molecule has 1 aliphatic heterocycles. The van der Waals surface area contributed by atoms with Crippen LogP contribution in [0.3, 0.4) is 0 Å². The normalized spacial score (nSPS) is 20.4. The second-order valence-electron chi connectivity index (χ2n) is 6.31. The van der Waals surface area contributed by atoms with E-state index in [9.17, 15) is 9.00 Å². The molecule has 1 fully saturated rings. The van der Waals surface area contributed by atoms with Crippen LogP contribution in [0.4, 0.5) is 4.79 Å². The Balaban J connectivity index is 1.99. The number of rotatable bonds is 2. The molecule has 0 saturated carbocycles. The van der Waals surface area contributed by atoms with Gasteiger partial charge in [0.2, 0.25) is 0 Å². The standard InChI is InChI=1S/C15H22N2O3S/c1-11-5-7-16-13(9-11)21(19)12-6-8-17(10-12)14(18)20-15(2,3)4/h5,7,9,12H,6,8,10H2,1-4H3/t12-,21-/m1/s1. The summed E-state index contributed by atoms with van der Waals surface area (Å²) in [5.41, 5.74) is 0.530. The van der Waals surface area contributed by atoms with Crippen LogP contribution in [0.15, 0.2) is 23.4 Å². The second kappa shape index (κ2) is 6.13. The lowest BCUT2D eigenvalue weighted by molar-refractivity contribution is 0.0295. The van der Waals surface area contributed by atoms with Gasteiger partial charge in [0.25, 0.3) is 0 Å². The first-order valence-electron chi connectivity index (χ1n) is 7.07. The number of pyridine rings is 1. The predicted octanol–water partition coefficient (Wildman–Crippen LogP) is 2.51. The van der Waals surface area contributed by atoms with Crippen molar-refractivity contribution in [3.63, 3.8) is 0 Å². The average Bonchev–Trinajstić information content (AvgIpc) is 2.85. The van der Waals surface area contributed by atoms with Crippen molar-refractivity contribution in [2.75, 3.05) is 13.1 Å². The Hall–Kier alpha value is -1.43. The number of carbonyl (C=O) groups is 1. The first-order chi connectivity index (χ1) is 9.76. The van der Waals surface area contributed by atoms with Crippen LogP contribution in [0.1, 0.15) is 32.8 Å². The molecule has 21 heavy (non-hydrogen) atoms. The van der Waals surface area contributed by atoms with Crippen molar-refractivity contribution in [2.45, 2.75) is 50.0 Å². The van der Waals surface area contributed by atoms with Crippen molar-refractivity contribution in [3.05, 3.63) is 23.9 Å². The first-order valence-corrected chi connectivity index (χ1v) is 8.29. The molecule has 1 aromatic heterocycles. The number of hydrogen-bond donors (Lipinski definition) is 0. The molecule has 0 unspecified atom stereocenters. The molecule has 0 aliphatic carbocycles. The Bertz CT molecular complexity index is 554. The summed E-state index contributed by atoms with van der Waals surface area (Å²) < 4.78 is 17.9. The third-order valence-corrected chi connectivity index (χ3v) is 4.82. The largest absolute Gasteiger partial charge is 0.444 e. The zero-order valence-electron chi connectivity index (χ0n) is 13.0. The summed E-state index contributed by atoms with van der Waals surface area (Å²) in [5.74, 6) is 0. The van der Waals surface area contributed by atoms with Crippen molar-refractivity contribution in [1.82, 2.24) is 9.88 Å². The van der Waals surface area contributed by atoms with Gasteiger partial charge in [-0.15, -0.1) is 0 Å². The van der Waals surface area contributed by atoms with E-state index in [1.54, 1.807) is 11.1 Å². The minimum absolute atomic E-state index is 0.0770. The third kappa shape index (κ3) is 4.27. The lowest BCUT2D eigenvalue weighted by Crippen LogP contribution is -2.36. The van der Waals surface area contributed by atoms with Crippen LogP contribution in [0.25, 0.3) is 0 Å². The molecule has 1 saturated heterocycles. The molecule has 1 amide bonds. The highest BCUT2D eigenvalue weighted by Crippen LogP contribution is 2.21. The summed E-state index contributed by atoms with van der Waals surface area (Å²) in [7, 11) is -1.19. The van der Waals surface area contributed by atoms with Gasteiger partial charge in [0.1, 0.15) is 10.6 Å². The minimum Gasteiger partial charge on any atom is -0.444 e. The van der Waals surface area contributed by atoms with Crippen molar-refractivity contribution in [1.29, 1.82) is 0 Å². The second-order valence-corrected chi connectivity index (χ2v) is 7.99. The van der Waals surface area contributed by atoms with Crippen LogP contribution in [-0.4, -0.2) is 44.1 Å². The molecule has 0 radical (unpaired) electrons. The molecule has 0 aromatic carbocycles. The molecule has 116 valence electrons. The van der Waals surface area contributed by atoms with Gasteiger partial charge in [0.15, 0.2) is 0 Å². The van der Waals surface area contributed by atoms with Crippen LogP contribution >= 0.6 is 0 Å². The maximum atomic E-state index is 12.5. The third-order valence-electron chi connectivity index (χ3n) is 3.20. The number of nitrogens with zero attached hydrogens (tertiary/aromatic N) is 2. The van der Waals surface area contributed by atoms with Gasteiger partial charge in [-0.05, 0) is 51.8 Å². The van der Waals surface area contributed by atoms with E-state index in [2.05, 4.69) is 4.98 Å². The average molecular weight is 310 g/mol. The topological polar surface area (TPSA) is 59.5 Å². The molecule has 2 atom stereocenters. The van der Waals surface area contributed by atoms with E-state index in [4.69, 9.17) is 4.74 Å². The maximum Gasteiger partial charge on any atom is 0.410 e. The fourth-order valence-corrected chi connectivity index (χ4v) is 3.63. The molecule has 2 rings (SSSR count). The molecule has 1 aromatic rings. The molecule has 0 N–H and O–H groups in total. The maximum absolute atomic E-state index is 12.5. The Morgan fingerprint density at radius 1 is 1.48 bits per heavy atom. The van der Waals surface area contributed by atoms with Crippen LogP contribution in [0.5, 0.6) is 0 Å². The van der Waals surface area contributed by atoms with E-state index in [1.807, 2.05) is 39.8 Å². The van der Waals surface area contributed by atoms with Gasteiger partial charge >= 0.3 is 6.09 Å². The van der Waals surface area contributed by atoms with Crippen molar-refractivity contribution < 1.29 is 13.7 Å². The zero-order valence-corrected chi connectivity index (χ0v) is 13.8. The number of likely N-dealkylation sites (tertiary alicyclic amines) is 1. The first kappa shape index (κ1) is 15.9. The van der Waals surface area contributed by atoms with Gasteiger partial charge in [-0.3, -0.25) is 4.21 Å². The minimum atomic E-state index is -1.19. The van der Waals surface area contributed by atoms with Gasteiger partial charge in [-0.2, -0.15) is 0 Å². The fraction of sp³-hybridized carbons (Fsp3) is 0.600. The van der Waals surface area contributed by atoms with Crippen molar-refractivity contribution >= 4 is 16.9 Å². The monoisotopic (exact) mass is 310 g/mol. The number of ether oxygens (including phenoxy) is 1. The van der Waals surface area contributed by atoms with Gasteiger partial charge in [-0.25, -0.2) is 9.78 Å². The lowest BCUT2D eigenvalue weighted by Gasteiger charge is -2.24. The smallest absolute Gasteiger partial charge is 0.410 e. The molecule has 2 heterocycles. The molecular weight excluding hydrogens is 288 g/mol. The van der Waals surface area contributed by atoms with Gasteiger partial charge in [-0.1, -0.05) is 0 Å². The SMILES string of the molecule is Cc1ccnc([S@](=O)[C@@H]2CCN(C(=O)OC(C)(C)C)C2)c1. The number of aryl methyl sites for hydroxylation is 1. The van der Waals surface area contributed by atoms with E-state index in [1.165, 1.54) is 0 Å². The quantitative estimate of drug-likeness (QED) is 0.842. The van der Waals surface area contributed by atoms with E-state index >= 15 is 0 Å².